The summed E-state index contributed by atoms with van der Waals surface area (Å²) in [6, 6.07) is 3.93. The third-order valence-electron chi connectivity index (χ3n) is 4.68. The van der Waals surface area contributed by atoms with Gasteiger partial charge in [-0.2, -0.15) is 13.2 Å². The summed E-state index contributed by atoms with van der Waals surface area (Å²) in [5.41, 5.74) is 2.62. The number of carbonyl (C=O) groups is 1. The predicted octanol–water partition coefficient (Wildman–Crippen LogP) is 2.86. The molecule has 2 heterocycles. The molecule has 0 aliphatic rings. The van der Waals surface area contributed by atoms with Crippen LogP contribution in [0.5, 0.6) is 5.88 Å². The molecule has 0 saturated heterocycles. The van der Waals surface area contributed by atoms with E-state index in [2.05, 4.69) is 9.97 Å². The lowest BCUT2D eigenvalue weighted by Crippen LogP contribution is -2.52. The van der Waals surface area contributed by atoms with E-state index in [4.69, 9.17) is 9.84 Å². The van der Waals surface area contributed by atoms with Crippen molar-refractivity contribution in [3.8, 4) is 17.1 Å². The summed E-state index contributed by atoms with van der Waals surface area (Å²) in [5, 5.41) is 10.8. The summed E-state index contributed by atoms with van der Waals surface area (Å²) in [5.74, 6) is 0.352. The maximum absolute atomic E-state index is 12.8. The second-order valence-electron chi connectivity index (χ2n) is 6.73. The minimum atomic E-state index is -4.74. The third kappa shape index (κ3) is 5.05. The summed E-state index contributed by atoms with van der Waals surface area (Å²) in [6.45, 7) is 0.687. The number of aliphatic hydroxyl groups is 1. The zero-order chi connectivity index (χ0) is 22.6. The van der Waals surface area contributed by atoms with Gasteiger partial charge in [-0.1, -0.05) is 18.2 Å². The number of rotatable bonds is 7. The number of ether oxygens (including phenoxy) is 1. The molecule has 0 saturated carbocycles. The second kappa shape index (κ2) is 9.21. The van der Waals surface area contributed by atoms with Crippen LogP contribution in [0, 0.1) is 0 Å². The van der Waals surface area contributed by atoms with Crippen LogP contribution >= 0.6 is 0 Å². The van der Waals surface area contributed by atoms with Crippen LogP contribution in [0.2, 0.25) is 0 Å². The standard InChI is InChI=1S/C20H22F3N5O3/c1-3-27(19(30)26-16(12-29)20(21,22)23)10-13-5-4-6-14(9-13)15-11-28-8-7-24-17(28)18(25-15)31-2/h4-9,11,16,29H,3,10,12H2,1-2H3,(H,26,30). The number of halogens is 3. The summed E-state index contributed by atoms with van der Waals surface area (Å²) < 4.78 is 45.6. The Bertz CT molecular complexity index is 1050. The molecule has 2 aromatic heterocycles. The number of benzene rings is 1. The summed E-state index contributed by atoms with van der Waals surface area (Å²) in [7, 11) is 1.50. The number of hydrogen-bond donors (Lipinski definition) is 2. The topological polar surface area (TPSA) is 92.0 Å². The molecule has 0 radical (unpaired) electrons. The van der Waals surface area contributed by atoms with Crippen molar-refractivity contribution in [2.45, 2.75) is 25.7 Å². The van der Waals surface area contributed by atoms with Gasteiger partial charge in [-0.3, -0.25) is 0 Å². The maximum atomic E-state index is 12.8. The Labute approximate surface area is 176 Å². The van der Waals surface area contributed by atoms with E-state index in [1.54, 1.807) is 48.1 Å². The zero-order valence-electron chi connectivity index (χ0n) is 16.9. The largest absolute Gasteiger partial charge is 0.478 e. The van der Waals surface area contributed by atoms with Crippen molar-refractivity contribution < 1.29 is 27.8 Å². The molecule has 0 aliphatic heterocycles. The first-order valence-electron chi connectivity index (χ1n) is 9.46. The molecular formula is C20H22F3N5O3. The number of fused-ring (bicyclic) bond motifs is 1. The van der Waals surface area contributed by atoms with Gasteiger partial charge in [-0.15, -0.1) is 0 Å². The Morgan fingerprint density at radius 1 is 1.39 bits per heavy atom. The molecule has 8 nitrogen and oxygen atoms in total. The number of aliphatic hydroxyl groups excluding tert-OH is 1. The fourth-order valence-corrected chi connectivity index (χ4v) is 3.03. The normalized spacial score (nSPS) is 12.6. The molecule has 3 aromatic rings. The lowest BCUT2D eigenvalue weighted by Gasteiger charge is -2.26. The molecule has 0 fully saturated rings. The van der Waals surface area contributed by atoms with E-state index in [0.717, 1.165) is 5.56 Å². The maximum Gasteiger partial charge on any atom is 0.410 e. The zero-order valence-corrected chi connectivity index (χ0v) is 16.9. The molecule has 3 rings (SSSR count). The quantitative estimate of drug-likeness (QED) is 0.593. The van der Waals surface area contributed by atoms with Gasteiger partial charge in [0.1, 0.15) is 6.04 Å². The highest BCUT2D eigenvalue weighted by Crippen LogP contribution is 2.24. The average molecular weight is 437 g/mol. The van der Waals surface area contributed by atoms with Crippen LogP contribution < -0.4 is 10.1 Å². The van der Waals surface area contributed by atoms with Crippen molar-refractivity contribution in [2.24, 2.45) is 0 Å². The van der Waals surface area contributed by atoms with Crippen LogP contribution in [0.15, 0.2) is 42.9 Å². The van der Waals surface area contributed by atoms with Gasteiger partial charge in [0.15, 0.2) is 5.65 Å². The van der Waals surface area contributed by atoms with Crippen molar-refractivity contribution >= 4 is 11.7 Å². The summed E-state index contributed by atoms with van der Waals surface area (Å²) in [4.78, 5) is 22.2. The van der Waals surface area contributed by atoms with Gasteiger partial charge >= 0.3 is 12.2 Å². The summed E-state index contributed by atoms with van der Waals surface area (Å²) >= 11 is 0. The van der Waals surface area contributed by atoms with Crippen molar-refractivity contribution in [1.29, 1.82) is 0 Å². The highest BCUT2D eigenvalue weighted by Gasteiger charge is 2.40. The van der Waals surface area contributed by atoms with Crippen LogP contribution in [0.4, 0.5) is 18.0 Å². The number of aromatic nitrogens is 3. The smallest absolute Gasteiger partial charge is 0.410 e. The van der Waals surface area contributed by atoms with E-state index in [9.17, 15) is 18.0 Å². The molecule has 2 amide bonds. The molecule has 166 valence electrons. The lowest BCUT2D eigenvalue weighted by molar-refractivity contribution is -0.161. The van der Waals surface area contributed by atoms with Crippen LogP contribution in [-0.2, 0) is 6.54 Å². The lowest BCUT2D eigenvalue weighted by atomic mass is 10.1. The highest BCUT2D eigenvalue weighted by atomic mass is 19.4. The van der Waals surface area contributed by atoms with Gasteiger partial charge in [0.25, 0.3) is 5.88 Å². The minimum absolute atomic E-state index is 0.0800. The molecular weight excluding hydrogens is 415 g/mol. The van der Waals surface area contributed by atoms with Gasteiger partial charge < -0.3 is 24.5 Å². The van der Waals surface area contributed by atoms with Crippen molar-refractivity contribution in [3.05, 3.63) is 48.4 Å². The average Bonchev–Trinajstić information content (AvgIpc) is 3.23. The molecule has 2 N–H and O–H groups in total. The monoisotopic (exact) mass is 437 g/mol. The third-order valence-corrected chi connectivity index (χ3v) is 4.68. The number of imidazole rings is 1. The van der Waals surface area contributed by atoms with Crippen LogP contribution in [0.25, 0.3) is 16.9 Å². The fourth-order valence-electron chi connectivity index (χ4n) is 3.03. The Morgan fingerprint density at radius 2 is 2.16 bits per heavy atom. The Morgan fingerprint density at radius 3 is 2.81 bits per heavy atom. The molecule has 1 atom stereocenters. The Kier molecular flexibility index (Phi) is 6.64. The number of alkyl halides is 3. The molecule has 1 unspecified atom stereocenters. The number of methoxy groups -OCH3 is 1. The van der Waals surface area contributed by atoms with Gasteiger partial charge in [0.2, 0.25) is 0 Å². The summed E-state index contributed by atoms with van der Waals surface area (Å²) in [6.07, 6.45) is 0.427. The van der Waals surface area contributed by atoms with Crippen molar-refractivity contribution in [3.63, 3.8) is 0 Å². The first-order chi connectivity index (χ1) is 14.8. The van der Waals surface area contributed by atoms with Crippen molar-refractivity contribution in [1.82, 2.24) is 24.6 Å². The van der Waals surface area contributed by atoms with E-state index < -0.39 is 24.9 Å². The molecule has 0 spiro atoms. The van der Waals surface area contributed by atoms with Crippen molar-refractivity contribution in [2.75, 3.05) is 20.3 Å². The van der Waals surface area contributed by atoms with Gasteiger partial charge in [0.05, 0.1) is 19.4 Å². The van der Waals surface area contributed by atoms with Crippen LogP contribution in [0.3, 0.4) is 0 Å². The number of amides is 2. The second-order valence-corrected chi connectivity index (χ2v) is 6.73. The fraction of sp³-hybridized carbons (Fsp3) is 0.350. The van der Waals surface area contributed by atoms with Crippen LogP contribution in [-0.4, -0.2) is 62.9 Å². The molecule has 1 aromatic carbocycles. The van der Waals surface area contributed by atoms with Gasteiger partial charge in [0, 0.05) is 37.2 Å². The SMILES string of the molecule is CCN(Cc1cccc(-c2cn3ccnc3c(OC)n2)c1)C(=O)NC(CO)C(F)(F)F. The first-order valence-corrected chi connectivity index (χ1v) is 9.46. The highest BCUT2D eigenvalue weighted by molar-refractivity contribution is 5.74. The molecule has 31 heavy (non-hydrogen) atoms. The number of urea groups is 1. The van der Waals surface area contributed by atoms with E-state index in [0.29, 0.717) is 22.8 Å². The first kappa shape index (κ1) is 22.3. The minimum Gasteiger partial charge on any atom is -0.478 e. The number of hydrogen-bond acceptors (Lipinski definition) is 5. The number of nitrogens with one attached hydrogen (secondary N) is 1. The molecule has 11 heteroatoms. The van der Waals surface area contributed by atoms with E-state index >= 15 is 0 Å². The van der Waals surface area contributed by atoms with E-state index in [1.165, 1.54) is 12.0 Å². The Hall–Kier alpha value is -3.34. The van der Waals surface area contributed by atoms with E-state index in [1.807, 2.05) is 11.4 Å². The van der Waals surface area contributed by atoms with Gasteiger partial charge in [-0.05, 0) is 18.6 Å². The van der Waals surface area contributed by atoms with Crippen LogP contribution in [0.1, 0.15) is 12.5 Å². The van der Waals surface area contributed by atoms with Gasteiger partial charge in [-0.25, -0.2) is 14.8 Å². The number of nitrogens with zero attached hydrogens (tertiary/aromatic N) is 4. The molecule has 0 aliphatic carbocycles. The number of carbonyl (C=O) groups excluding carboxylic acids is 1. The Balaban J connectivity index is 1.82. The van der Waals surface area contributed by atoms with E-state index in [-0.39, 0.29) is 13.1 Å². The molecule has 0 bridgehead atoms. The predicted molar refractivity (Wildman–Crippen MR) is 107 cm³/mol.